The number of hydrogen-bond donors (Lipinski definition) is 3. The summed E-state index contributed by atoms with van der Waals surface area (Å²) in [6.45, 7) is 3.01. The molecule has 1 aromatic rings. The van der Waals surface area contributed by atoms with Crippen LogP contribution in [0.25, 0.3) is 0 Å². The molecule has 0 unspecified atom stereocenters. The van der Waals surface area contributed by atoms with E-state index in [9.17, 15) is 5.11 Å². The van der Waals surface area contributed by atoms with E-state index in [-0.39, 0.29) is 18.6 Å². The second-order valence-electron chi connectivity index (χ2n) is 4.33. The zero-order valence-electron chi connectivity index (χ0n) is 9.94. The van der Waals surface area contributed by atoms with Crippen LogP contribution in [0.3, 0.4) is 0 Å². The highest BCUT2D eigenvalue weighted by molar-refractivity contribution is 7.80. The molecule has 0 fully saturated rings. The van der Waals surface area contributed by atoms with Crippen molar-refractivity contribution >= 4 is 17.3 Å². The van der Waals surface area contributed by atoms with Gasteiger partial charge in [0.05, 0.1) is 6.04 Å². The monoisotopic (exact) mass is 250 g/mol. The van der Waals surface area contributed by atoms with Crippen LogP contribution < -0.4 is 10.6 Å². The van der Waals surface area contributed by atoms with E-state index in [0.29, 0.717) is 5.11 Å². The molecule has 0 spiro atoms. The van der Waals surface area contributed by atoms with Crippen LogP contribution in [0.2, 0.25) is 0 Å². The Morgan fingerprint density at radius 2 is 2.24 bits per heavy atom. The predicted octanol–water partition coefficient (Wildman–Crippen LogP) is 1.38. The Morgan fingerprint density at radius 3 is 2.94 bits per heavy atom. The Labute approximate surface area is 107 Å². The number of aliphatic hydroxyl groups is 1. The molecule has 1 aromatic carbocycles. The fourth-order valence-electron chi connectivity index (χ4n) is 2.40. The van der Waals surface area contributed by atoms with Crippen molar-refractivity contribution in [3.8, 4) is 0 Å². The van der Waals surface area contributed by atoms with E-state index in [4.69, 9.17) is 12.2 Å². The summed E-state index contributed by atoms with van der Waals surface area (Å²) in [4.78, 5) is 0. The highest BCUT2D eigenvalue weighted by atomic mass is 32.1. The summed E-state index contributed by atoms with van der Waals surface area (Å²) in [6.07, 6.45) is 0.916. The molecule has 1 aliphatic rings. The van der Waals surface area contributed by atoms with Crippen LogP contribution in [-0.4, -0.2) is 23.4 Å². The maximum atomic E-state index is 9.45. The van der Waals surface area contributed by atoms with Crippen molar-refractivity contribution in [3.63, 3.8) is 0 Å². The average molecular weight is 250 g/mol. The number of rotatable bonds is 3. The van der Waals surface area contributed by atoms with Crippen molar-refractivity contribution in [2.24, 2.45) is 5.92 Å². The fraction of sp³-hybridized carbons (Fsp3) is 0.462. The minimum absolute atomic E-state index is 0.128. The van der Waals surface area contributed by atoms with Crippen LogP contribution in [0, 0.1) is 5.92 Å². The molecule has 92 valence electrons. The maximum Gasteiger partial charge on any atom is 0.166 e. The van der Waals surface area contributed by atoms with Gasteiger partial charge in [0.15, 0.2) is 5.11 Å². The summed E-state index contributed by atoms with van der Waals surface area (Å²) in [7, 11) is 0. The minimum Gasteiger partial charge on any atom is -0.396 e. The zero-order chi connectivity index (χ0) is 12.3. The molecule has 2 atom stereocenters. The summed E-state index contributed by atoms with van der Waals surface area (Å²) in [5.74, 6) is 0.212. The van der Waals surface area contributed by atoms with Gasteiger partial charge in [0.25, 0.3) is 0 Å². The zero-order valence-corrected chi connectivity index (χ0v) is 10.8. The second-order valence-corrected chi connectivity index (χ2v) is 4.74. The normalized spacial score (nSPS) is 22.0. The van der Waals surface area contributed by atoms with Crippen molar-refractivity contribution in [1.82, 2.24) is 10.6 Å². The number of nitrogens with one attached hydrogen (secondary N) is 2. The molecule has 2 rings (SSSR count). The van der Waals surface area contributed by atoms with Gasteiger partial charge >= 0.3 is 0 Å². The molecule has 0 saturated carbocycles. The lowest BCUT2D eigenvalue weighted by Crippen LogP contribution is -2.39. The largest absolute Gasteiger partial charge is 0.396 e. The highest BCUT2D eigenvalue weighted by Gasteiger charge is 2.31. The SMILES string of the molecule is CCNC(=S)N[C@@H]1c2ccccc2C[C@@H]1CO. The smallest absolute Gasteiger partial charge is 0.166 e. The van der Waals surface area contributed by atoms with Gasteiger partial charge in [-0.3, -0.25) is 0 Å². The number of hydrogen-bond acceptors (Lipinski definition) is 2. The summed E-state index contributed by atoms with van der Waals surface area (Å²) in [6, 6.07) is 8.43. The van der Waals surface area contributed by atoms with Gasteiger partial charge in [-0.1, -0.05) is 24.3 Å². The summed E-state index contributed by atoms with van der Waals surface area (Å²) in [5, 5.41) is 16.5. The number of aliphatic hydroxyl groups excluding tert-OH is 1. The second kappa shape index (κ2) is 5.47. The first-order valence-corrected chi connectivity index (χ1v) is 6.40. The lowest BCUT2D eigenvalue weighted by atomic mass is 10.0. The van der Waals surface area contributed by atoms with Crippen LogP contribution >= 0.6 is 12.2 Å². The molecule has 0 aromatic heterocycles. The topological polar surface area (TPSA) is 44.3 Å². The van der Waals surface area contributed by atoms with Crippen molar-refractivity contribution in [2.75, 3.05) is 13.2 Å². The third-order valence-electron chi connectivity index (χ3n) is 3.20. The van der Waals surface area contributed by atoms with E-state index >= 15 is 0 Å². The number of benzene rings is 1. The molecule has 3 nitrogen and oxygen atoms in total. The Balaban J connectivity index is 2.16. The molecule has 0 amide bonds. The van der Waals surface area contributed by atoms with E-state index in [1.54, 1.807) is 0 Å². The van der Waals surface area contributed by atoms with E-state index in [0.717, 1.165) is 13.0 Å². The van der Waals surface area contributed by atoms with Crippen LogP contribution in [-0.2, 0) is 6.42 Å². The standard InChI is InChI=1S/C13H18N2OS/c1-2-14-13(17)15-12-10(8-16)7-9-5-3-4-6-11(9)12/h3-6,10,12,16H,2,7-8H2,1H3,(H2,14,15,17)/t10-,12+/m1/s1. The highest BCUT2D eigenvalue weighted by Crippen LogP contribution is 2.35. The molecular formula is C13H18N2OS. The van der Waals surface area contributed by atoms with Crippen molar-refractivity contribution in [2.45, 2.75) is 19.4 Å². The van der Waals surface area contributed by atoms with E-state index in [2.05, 4.69) is 22.8 Å². The Bertz CT molecular complexity index is 408. The van der Waals surface area contributed by atoms with Crippen LogP contribution in [0.1, 0.15) is 24.1 Å². The molecule has 17 heavy (non-hydrogen) atoms. The van der Waals surface area contributed by atoms with Gasteiger partial charge in [-0.25, -0.2) is 0 Å². The molecule has 0 aliphatic heterocycles. The number of fused-ring (bicyclic) bond motifs is 1. The summed E-state index contributed by atoms with van der Waals surface area (Å²) in [5.41, 5.74) is 2.56. The molecule has 0 saturated heterocycles. The quantitative estimate of drug-likeness (QED) is 0.709. The molecule has 4 heteroatoms. The molecule has 0 bridgehead atoms. The fourth-order valence-corrected chi connectivity index (χ4v) is 2.67. The summed E-state index contributed by atoms with van der Waals surface area (Å²) < 4.78 is 0. The average Bonchev–Trinajstić information content (AvgIpc) is 2.68. The lowest BCUT2D eigenvalue weighted by Gasteiger charge is -2.22. The van der Waals surface area contributed by atoms with Gasteiger partial charge in [0, 0.05) is 19.1 Å². The van der Waals surface area contributed by atoms with Crippen LogP contribution in [0.5, 0.6) is 0 Å². The maximum absolute atomic E-state index is 9.45. The van der Waals surface area contributed by atoms with Crippen molar-refractivity contribution < 1.29 is 5.11 Å². The third kappa shape index (κ3) is 2.58. The molecule has 0 radical (unpaired) electrons. The molecule has 3 N–H and O–H groups in total. The Hall–Kier alpha value is -1.13. The van der Waals surface area contributed by atoms with Gasteiger partial charge < -0.3 is 15.7 Å². The van der Waals surface area contributed by atoms with Crippen LogP contribution in [0.4, 0.5) is 0 Å². The van der Waals surface area contributed by atoms with Gasteiger partial charge in [0.2, 0.25) is 0 Å². The first kappa shape index (κ1) is 12.3. The van der Waals surface area contributed by atoms with Gasteiger partial charge in [-0.2, -0.15) is 0 Å². The van der Waals surface area contributed by atoms with Crippen molar-refractivity contribution in [3.05, 3.63) is 35.4 Å². The molecule has 1 aliphatic carbocycles. The van der Waals surface area contributed by atoms with Gasteiger partial charge in [0.1, 0.15) is 0 Å². The molecule has 0 heterocycles. The minimum atomic E-state index is 0.128. The predicted molar refractivity (Wildman–Crippen MR) is 72.9 cm³/mol. The van der Waals surface area contributed by atoms with Crippen molar-refractivity contribution in [1.29, 1.82) is 0 Å². The van der Waals surface area contributed by atoms with Gasteiger partial charge in [-0.15, -0.1) is 0 Å². The number of thiocarbonyl (C=S) groups is 1. The lowest BCUT2D eigenvalue weighted by molar-refractivity contribution is 0.207. The Morgan fingerprint density at radius 1 is 1.47 bits per heavy atom. The van der Waals surface area contributed by atoms with E-state index in [1.165, 1.54) is 11.1 Å². The van der Waals surface area contributed by atoms with Gasteiger partial charge in [-0.05, 0) is 36.7 Å². The molecular weight excluding hydrogens is 232 g/mol. The Kier molecular flexibility index (Phi) is 3.97. The van der Waals surface area contributed by atoms with E-state index in [1.807, 2.05) is 19.1 Å². The van der Waals surface area contributed by atoms with E-state index < -0.39 is 0 Å². The first-order valence-electron chi connectivity index (χ1n) is 5.99. The summed E-state index contributed by atoms with van der Waals surface area (Å²) >= 11 is 5.22. The third-order valence-corrected chi connectivity index (χ3v) is 3.46. The van der Waals surface area contributed by atoms with Crippen LogP contribution in [0.15, 0.2) is 24.3 Å². The first-order chi connectivity index (χ1) is 8.26.